The van der Waals surface area contributed by atoms with Gasteiger partial charge < -0.3 is 19.6 Å². The summed E-state index contributed by atoms with van der Waals surface area (Å²) in [4.78, 5) is 31.4. The second-order valence-corrected chi connectivity index (χ2v) is 14.5. The Balaban J connectivity index is 1.20. The third-order valence-electron chi connectivity index (χ3n) is 11.5. The molecule has 0 spiro atoms. The minimum Gasteiger partial charge on any atom is -0.497 e. The van der Waals surface area contributed by atoms with E-state index in [1.54, 1.807) is 18.1 Å². The predicted molar refractivity (Wildman–Crippen MR) is 175 cm³/mol. The summed E-state index contributed by atoms with van der Waals surface area (Å²) in [5, 5.41) is 9.43. The van der Waals surface area contributed by atoms with Crippen LogP contribution in [0.25, 0.3) is 0 Å². The number of piperidine rings is 2. The fourth-order valence-electron chi connectivity index (χ4n) is 8.52. The molecule has 3 heterocycles. The molecule has 2 atom stereocenters. The molecule has 0 unspecified atom stereocenters. The number of hydrogen-bond acceptors (Lipinski definition) is 5. The number of rotatable bonds is 7. The van der Waals surface area contributed by atoms with Crippen LogP contribution in [0.1, 0.15) is 86.8 Å². The zero-order valence-corrected chi connectivity index (χ0v) is 27.9. The van der Waals surface area contributed by atoms with E-state index in [9.17, 15) is 27.9 Å². The minimum absolute atomic E-state index is 0.0524. The molecule has 1 N–H and O–H groups in total. The number of carbonyl (C=O) groups is 2. The number of ether oxygens (including phenoxy) is 1. The molecule has 4 aliphatic rings. The molecule has 1 saturated carbocycles. The van der Waals surface area contributed by atoms with Crippen molar-refractivity contribution < 1.29 is 37.0 Å². The van der Waals surface area contributed by atoms with Crippen molar-refractivity contribution in [1.82, 2.24) is 9.80 Å². The maximum Gasteiger partial charge on any atom is 0.416 e. The van der Waals surface area contributed by atoms with E-state index in [4.69, 9.17) is 4.74 Å². The van der Waals surface area contributed by atoms with E-state index in [2.05, 4.69) is 11.8 Å². The van der Waals surface area contributed by atoms with Crippen LogP contribution in [0.5, 0.6) is 5.75 Å². The zero-order valence-electron chi connectivity index (χ0n) is 27.9. The van der Waals surface area contributed by atoms with Crippen LogP contribution in [-0.2, 0) is 15.8 Å². The number of amides is 1. The predicted octanol–water partition coefficient (Wildman–Crippen LogP) is 7.11. The fraction of sp³-hybridized carbons (Fsp3) is 0.622. The average molecular weight is 674 g/mol. The number of carboxylic acid groups (broad SMARTS) is 1. The number of benzene rings is 2. The SMILES string of the molecule is COc1ccc([C@@H]2CN([C@H]3CC[C@@H](C)CC3)C[C@@]2(F)C(=O)N2CCC(c3ccc(C(F)(F)F)cc3N3CCC(C(=O)O)CC3)CC2)cc1. The van der Waals surface area contributed by atoms with E-state index in [0.717, 1.165) is 42.9 Å². The van der Waals surface area contributed by atoms with Crippen molar-refractivity contribution in [3.8, 4) is 5.75 Å². The molecule has 3 aliphatic heterocycles. The first kappa shape index (κ1) is 34.5. The summed E-state index contributed by atoms with van der Waals surface area (Å²) < 4.78 is 64.1. The molecule has 1 aliphatic carbocycles. The zero-order chi connectivity index (χ0) is 34.2. The third-order valence-corrected chi connectivity index (χ3v) is 11.5. The fourth-order valence-corrected chi connectivity index (χ4v) is 8.52. The molecule has 6 rings (SSSR count). The summed E-state index contributed by atoms with van der Waals surface area (Å²) in [6.07, 6.45) is 1.41. The maximum atomic E-state index is 17.5. The van der Waals surface area contributed by atoms with Gasteiger partial charge in [-0.2, -0.15) is 13.2 Å². The van der Waals surface area contributed by atoms with Gasteiger partial charge in [0.25, 0.3) is 5.91 Å². The summed E-state index contributed by atoms with van der Waals surface area (Å²) in [5.74, 6) is -1.30. The lowest BCUT2D eigenvalue weighted by Crippen LogP contribution is -2.53. The Labute approximate surface area is 280 Å². The van der Waals surface area contributed by atoms with Gasteiger partial charge in [-0.05, 0) is 98.6 Å². The Kier molecular flexibility index (Phi) is 9.98. The molecular weight excluding hydrogens is 626 g/mol. The number of carbonyl (C=O) groups excluding carboxylic acids is 1. The van der Waals surface area contributed by atoms with E-state index >= 15 is 4.39 Å². The summed E-state index contributed by atoms with van der Waals surface area (Å²) in [6, 6.07) is 11.4. The number of anilines is 1. The van der Waals surface area contributed by atoms with E-state index in [1.165, 1.54) is 6.07 Å². The van der Waals surface area contributed by atoms with Gasteiger partial charge in [-0.3, -0.25) is 14.5 Å². The van der Waals surface area contributed by atoms with Gasteiger partial charge in [-0.15, -0.1) is 0 Å². The van der Waals surface area contributed by atoms with Crippen LogP contribution in [0, 0.1) is 11.8 Å². The molecule has 3 saturated heterocycles. The van der Waals surface area contributed by atoms with Crippen molar-refractivity contribution in [2.45, 2.75) is 88.0 Å². The first-order valence-electron chi connectivity index (χ1n) is 17.4. The second-order valence-electron chi connectivity index (χ2n) is 14.5. The maximum absolute atomic E-state index is 17.5. The number of hydrogen-bond donors (Lipinski definition) is 1. The van der Waals surface area contributed by atoms with Crippen molar-refractivity contribution in [1.29, 1.82) is 0 Å². The van der Waals surface area contributed by atoms with Crippen molar-refractivity contribution in [3.63, 3.8) is 0 Å². The molecule has 11 heteroatoms. The van der Waals surface area contributed by atoms with Gasteiger partial charge in [0.1, 0.15) is 5.75 Å². The molecule has 0 radical (unpaired) electrons. The lowest BCUT2D eigenvalue weighted by Gasteiger charge is -2.39. The van der Waals surface area contributed by atoms with Gasteiger partial charge in [0.2, 0.25) is 5.67 Å². The summed E-state index contributed by atoms with van der Waals surface area (Å²) >= 11 is 0. The van der Waals surface area contributed by atoms with Gasteiger partial charge >= 0.3 is 12.1 Å². The van der Waals surface area contributed by atoms with Crippen LogP contribution >= 0.6 is 0 Å². The van der Waals surface area contributed by atoms with Crippen LogP contribution in [-0.4, -0.2) is 84.9 Å². The topological polar surface area (TPSA) is 73.3 Å². The number of halogens is 4. The van der Waals surface area contributed by atoms with Crippen molar-refractivity contribution in [2.75, 3.05) is 51.3 Å². The molecule has 0 aromatic heterocycles. The highest BCUT2D eigenvalue weighted by Crippen LogP contribution is 2.45. The molecule has 4 fully saturated rings. The number of aliphatic carboxylic acids is 1. The third kappa shape index (κ3) is 7.03. The van der Waals surface area contributed by atoms with E-state index in [-0.39, 0.29) is 18.5 Å². The van der Waals surface area contributed by atoms with Crippen LogP contribution in [0.2, 0.25) is 0 Å². The summed E-state index contributed by atoms with van der Waals surface area (Å²) in [6.45, 7) is 4.11. The first-order chi connectivity index (χ1) is 22.9. The Morgan fingerprint density at radius 3 is 2.12 bits per heavy atom. The highest BCUT2D eigenvalue weighted by molar-refractivity contribution is 5.87. The monoisotopic (exact) mass is 673 g/mol. The van der Waals surface area contributed by atoms with Crippen molar-refractivity contribution in [2.24, 2.45) is 11.8 Å². The quantitative estimate of drug-likeness (QED) is 0.316. The van der Waals surface area contributed by atoms with Crippen molar-refractivity contribution in [3.05, 3.63) is 59.2 Å². The Hall–Kier alpha value is -3.34. The second kappa shape index (κ2) is 13.9. The number of nitrogens with zero attached hydrogens (tertiary/aromatic N) is 3. The lowest BCUT2D eigenvalue weighted by molar-refractivity contribution is -0.145. The molecule has 2 aromatic rings. The Morgan fingerprint density at radius 2 is 1.54 bits per heavy atom. The van der Waals surface area contributed by atoms with Crippen LogP contribution in [0.3, 0.4) is 0 Å². The highest BCUT2D eigenvalue weighted by Gasteiger charge is 2.56. The number of methoxy groups -OCH3 is 1. The van der Waals surface area contributed by atoms with Gasteiger partial charge in [-0.25, -0.2) is 4.39 Å². The molecular formula is C37H47F4N3O4. The standard InChI is InChI=1S/C37H47F4N3O4/c1-24-3-8-29(9-4-24)44-22-32(26-5-10-30(48-2)11-6-26)36(38,23-44)35(47)43-19-13-25(14-20-43)31-12-7-28(37(39,40)41)21-33(31)42-17-15-27(16-18-42)34(45)46/h5-7,10-12,21,24-25,27,29,32H,3-4,8-9,13-20,22-23H2,1-2H3,(H,45,46)/t24-,29+,32-,36-/m0/s1. The van der Waals surface area contributed by atoms with Gasteiger partial charge in [0, 0.05) is 56.9 Å². The lowest BCUT2D eigenvalue weighted by atomic mass is 9.83. The molecule has 2 aromatic carbocycles. The minimum atomic E-state index is -4.51. The van der Waals surface area contributed by atoms with Crippen LogP contribution < -0.4 is 9.64 Å². The van der Waals surface area contributed by atoms with E-state index in [0.29, 0.717) is 75.8 Å². The molecule has 1 amide bonds. The smallest absolute Gasteiger partial charge is 0.416 e. The van der Waals surface area contributed by atoms with Crippen LogP contribution in [0.15, 0.2) is 42.5 Å². The number of alkyl halides is 4. The summed E-state index contributed by atoms with van der Waals surface area (Å²) in [5.41, 5.74) is -0.814. The van der Waals surface area contributed by atoms with Crippen LogP contribution in [0.4, 0.5) is 23.2 Å². The van der Waals surface area contributed by atoms with Gasteiger partial charge in [-0.1, -0.05) is 25.1 Å². The highest BCUT2D eigenvalue weighted by atomic mass is 19.4. The molecule has 48 heavy (non-hydrogen) atoms. The molecule has 7 nitrogen and oxygen atoms in total. The van der Waals surface area contributed by atoms with Gasteiger partial charge in [0.15, 0.2) is 0 Å². The average Bonchev–Trinajstić information content (AvgIpc) is 3.46. The van der Waals surface area contributed by atoms with E-state index in [1.807, 2.05) is 29.2 Å². The normalized spacial score (nSPS) is 28.1. The largest absolute Gasteiger partial charge is 0.497 e. The van der Waals surface area contributed by atoms with E-state index < -0.39 is 41.1 Å². The number of likely N-dealkylation sites (tertiary alicyclic amines) is 2. The molecule has 262 valence electrons. The molecule has 0 bridgehead atoms. The Morgan fingerprint density at radius 1 is 0.896 bits per heavy atom. The van der Waals surface area contributed by atoms with Crippen molar-refractivity contribution >= 4 is 17.6 Å². The Bertz CT molecular complexity index is 1450. The summed E-state index contributed by atoms with van der Waals surface area (Å²) in [7, 11) is 1.58. The number of carboxylic acids is 1. The van der Waals surface area contributed by atoms with Gasteiger partial charge in [0.05, 0.1) is 18.6 Å². The first-order valence-corrected chi connectivity index (χ1v) is 17.4.